The molecule has 1 unspecified atom stereocenters. The highest BCUT2D eigenvalue weighted by atomic mass is 32.1. The van der Waals surface area contributed by atoms with Crippen LogP contribution in [0.15, 0.2) is 52.4 Å². The summed E-state index contributed by atoms with van der Waals surface area (Å²) in [6, 6.07) is 14.6. The molecule has 1 aromatic carbocycles. The third-order valence-electron chi connectivity index (χ3n) is 4.05. The summed E-state index contributed by atoms with van der Waals surface area (Å²) in [6.07, 6.45) is 1.08. The molecule has 4 rings (SSSR count). The molecular formula is C17H17N3OS. The average molecular weight is 311 g/mol. The van der Waals surface area contributed by atoms with Crippen molar-refractivity contribution < 1.29 is 4.52 Å². The summed E-state index contributed by atoms with van der Waals surface area (Å²) in [5.74, 6) is 1.84. The van der Waals surface area contributed by atoms with Crippen molar-refractivity contribution in [3.63, 3.8) is 0 Å². The molecule has 22 heavy (non-hydrogen) atoms. The van der Waals surface area contributed by atoms with Gasteiger partial charge in [-0.1, -0.05) is 41.6 Å². The van der Waals surface area contributed by atoms with E-state index in [1.165, 1.54) is 5.56 Å². The van der Waals surface area contributed by atoms with Gasteiger partial charge in [0.1, 0.15) is 0 Å². The molecule has 3 heterocycles. The lowest BCUT2D eigenvalue weighted by atomic mass is 10.1. The van der Waals surface area contributed by atoms with Crippen LogP contribution in [0.1, 0.15) is 23.8 Å². The van der Waals surface area contributed by atoms with Gasteiger partial charge in [-0.25, -0.2) is 0 Å². The number of benzene rings is 1. The number of hydrogen-bond donors (Lipinski definition) is 0. The smallest absolute Gasteiger partial charge is 0.231 e. The molecule has 0 aliphatic carbocycles. The lowest BCUT2D eigenvalue weighted by Crippen LogP contribution is -2.19. The summed E-state index contributed by atoms with van der Waals surface area (Å²) in [5, 5.41) is 6.15. The first kappa shape index (κ1) is 13.7. The molecule has 1 atom stereocenters. The van der Waals surface area contributed by atoms with Crippen LogP contribution in [0.4, 0.5) is 0 Å². The maximum Gasteiger partial charge on any atom is 0.231 e. The van der Waals surface area contributed by atoms with Crippen molar-refractivity contribution >= 4 is 11.3 Å². The SMILES string of the molecule is c1ccc(CN2CCC(c3nc(-c4cccs4)no3)C2)cc1. The van der Waals surface area contributed by atoms with Gasteiger partial charge in [-0.2, -0.15) is 4.98 Å². The van der Waals surface area contributed by atoms with E-state index in [0.717, 1.165) is 36.8 Å². The molecule has 5 heteroatoms. The van der Waals surface area contributed by atoms with E-state index in [1.807, 2.05) is 17.5 Å². The molecule has 0 N–H and O–H groups in total. The molecule has 0 spiro atoms. The fourth-order valence-electron chi connectivity index (χ4n) is 2.93. The lowest BCUT2D eigenvalue weighted by molar-refractivity contribution is 0.309. The molecule has 1 aliphatic heterocycles. The fourth-order valence-corrected chi connectivity index (χ4v) is 3.58. The van der Waals surface area contributed by atoms with E-state index in [9.17, 15) is 0 Å². The lowest BCUT2D eigenvalue weighted by Gasteiger charge is -2.14. The van der Waals surface area contributed by atoms with Gasteiger partial charge in [0.15, 0.2) is 0 Å². The van der Waals surface area contributed by atoms with Crippen molar-refractivity contribution in [1.29, 1.82) is 0 Å². The van der Waals surface area contributed by atoms with Gasteiger partial charge >= 0.3 is 0 Å². The van der Waals surface area contributed by atoms with Crippen LogP contribution < -0.4 is 0 Å². The van der Waals surface area contributed by atoms with Crippen molar-refractivity contribution in [1.82, 2.24) is 15.0 Å². The first-order valence-electron chi connectivity index (χ1n) is 7.52. The summed E-state index contributed by atoms with van der Waals surface area (Å²) in [6.45, 7) is 3.06. The second kappa shape index (κ2) is 6.02. The maximum absolute atomic E-state index is 5.49. The summed E-state index contributed by atoms with van der Waals surface area (Å²) >= 11 is 1.64. The van der Waals surface area contributed by atoms with Crippen molar-refractivity contribution in [2.45, 2.75) is 18.9 Å². The van der Waals surface area contributed by atoms with Crippen molar-refractivity contribution in [3.8, 4) is 10.7 Å². The zero-order chi connectivity index (χ0) is 14.8. The highest BCUT2D eigenvalue weighted by Gasteiger charge is 2.28. The molecular weight excluding hydrogens is 294 g/mol. The van der Waals surface area contributed by atoms with Gasteiger partial charge in [-0.15, -0.1) is 11.3 Å². The van der Waals surface area contributed by atoms with E-state index < -0.39 is 0 Å². The van der Waals surface area contributed by atoms with Crippen LogP contribution in [0.2, 0.25) is 0 Å². The number of likely N-dealkylation sites (tertiary alicyclic amines) is 1. The first-order valence-corrected chi connectivity index (χ1v) is 8.40. The van der Waals surface area contributed by atoms with Gasteiger partial charge < -0.3 is 4.52 Å². The van der Waals surface area contributed by atoms with E-state index in [1.54, 1.807) is 11.3 Å². The Kier molecular flexibility index (Phi) is 3.74. The highest BCUT2D eigenvalue weighted by Crippen LogP contribution is 2.29. The van der Waals surface area contributed by atoms with Crippen molar-refractivity contribution in [3.05, 3.63) is 59.3 Å². The molecule has 4 nitrogen and oxygen atoms in total. The monoisotopic (exact) mass is 311 g/mol. The molecule has 0 saturated carbocycles. The van der Waals surface area contributed by atoms with Crippen LogP contribution >= 0.6 is 11.3 Å². The Hall–Kier alpha value is -1.98. The van der Waals surface area contributed by atoms with Crippen molar-refractivity contribution in [2.75, 3.05) is 13.1 Å². The molecule has 0 amide bonds. The Morgan fingerprint density at radius 3 is 2.91 bits per heavy atom. The molecule has 112 valence electrons. The topological polar surface area (TPSA) is 42.2 Å². The molecule has 0 radical (unpaired) electrons. The minimum absolute atomic E-state index is 0.352. The minimum atomic E-state index is 0.352. The Balaban J connectivity index is 1.42. The molecule has 0 bridgehead atoms. The second-order valence-corrected chi connectivity index (χ2v) is 6.59. The van der Waals surface area contributed by atoms with Gasteiger partial charge in [0.05, 0.1) is 10.8 Å². The molecule has 1 aliphatic rings. The van der Waals surface area contributed by atoms with Crippen LogP contribution in [-0.2, 0) is 6.54 Å². The summed E-state index contributed by atoms with van der Waals surface area (Å²) in [4.78, 5) is 8.10. The fraction of sp³-hybridized carbons (Fsp3) is 0.294. The van der Waals surface area contributed by atoms with Gasteiger partial charge in [-0.05, 0) is 30.0 Å². The standard InChI is InChI=1S/C17H17N3OS/c1-2-5-13(6-3-1)11-20-9-8-14(12-20)17-18-16(19-21-17)15-7-4-10-22-15/h1-7,10,14H,8-9,11-12H2. The van der Waals surface area contributed by atoms with Crippen LogP contribution in [0, 0.1) is 0 Å². The third-order valence-corrected chi connectivity index (χ3v) is 4.92. The average Bonchev–Trinajstić information content (AvgIpc) is 3.29. The number of thiophene rings is 1. The zero-order valence-corrected chi connectivity index (χ0v) is 13.0. The second-order valence-electron chi connectivity index (χ2n) is 5.64. The van der Waals surface area contributed by atoms with Gasteiger partial charge in [-0.3, -0.25) is 4.90 Å². The molecule has 1 saturated heterocycles. The predicted molar refractivity (Wildman–Crippen MR) is 86.7 cm³/mol. The Morgan fingerprint density at radius 2 is 2.09 bits per heavy atom. The normalized spacial score (nSPS) is 18.8. The molecule has 2 aromatic heterocycles. The highest BCUT2D eigenvalue weighted by molar-refractivity contribution is 7.13. The minimum Gasteiger partial charge on any atom is -0.339 e. The van der Waals surface area contributed by atoms with Crippen LogP contribution in [0.25, 0.3) is 10.7 Å². The number of hydrogen-bond acceptors (Lipinski definition) is 5. The Bertz CT molecular complexity index is 723. The van der Waals surface area contributed by atoms with E-state index in [4.69, 9.17) is 4.52 Å². The quantitative estimate of drug-likeness (QED) is 0.735. The first-order chi connectivity index (χ1) is 10.9. The molecule has 1 fully saturated rings. The largest absolute Gasteiger partial charge is 0.339 e. The Morgan fingerprint density at radius 1 is 1.18 bits per heavy atom. The number of nitrogens with zero attached hydrogens (tertiary/aromatic N) is 3. The van der Waals surface area contributed by atoms with E-state index in [0.29, 0.717) is 11.7 Å². The number of aromatic nitrogens is 2. The predicted octanol–water partition coefficient (Wildman–Crippen LogP) is 3.79. The Labute approximate surface area is 133 Å². The summed E-state index contributed by atoms with van der Waals surface area (Å²) in [5.41, 5.74) is 1.35. The third kappa shape index (κ3) is 2.82. The summed E-state index contributed by atoms with van der Waals surface area (Å²) < 4.78 is 5.49. The van der Waals surface area contributed by atoms with E-state index in [2.05, 4.69) is 45.4 Å². The number of rotatable bonds is 4. The van der Waals surface area contributed by atoms with Crippen LogP contribution in [0.5, 0.6) is 0 Å². The van der Waals surface area contributed by atoms with E-state index >= 15 is 0 Å². The van der Waals surface area contributed by atoms with Gasteiger partial charge in [0, 0.05) is 13.1 Å². The zero-order valence-electron chi connectivity index (χ0n) is 12.2. The van der Waals surface area contributed by atoms with E-state index in [-0.39, 0.29) is 0 Å². The van der Waals surface area contributed by atoms with Gasteiger partial charge in [0.2, 0.25) is 11.7 Å². The van der Waals surface area contributed by atoms with Crippen LogP contribution in [-0.4, -0.2) is 28.1 Å². The maximum atomic E-state index is 5.49. The van der Waals surface area contributed by atoms with Crippen LogP contribution in [0.3, 0.4) is 0 Å². The summed E-state index contributed by atoms with van der Waals surface area (Å²) in [7, 11) is 0. The van der Waals surface area contributed by atoms with Crippen molar-refractivity contribution in [2.24, 2.45) is 0 Å². The molecule has 3 aromatic rings. The van der Waals surface area contributed by atoms with Gasteiger partial charge in [0.25, 0.3) is 0 Å².